The zero-order valence-corrected chi connectivity index (χ0v) is 52.6. The van der Waals surface area contributed by atoms with Crippen LogP contribution in [0.1, 0.15) is 27.8 Å². The van der Waals surface area contributed by atoms with Crippen LogP contribution in [0.4, 0.5) is 17.1 Å². The molecular formula is C73H75BrN6O10. The molecule has 6 amide bonds. The molecule has 0 aliphatic carbocycles. The number of nitrogens with zero attached hydrogens (tertiary/aromatic N) is 6. The van der Waals surface area contributed by atoms with Gasteiger partial charge < -0.3 is 43.4 Å². The van der Waals surface area contributed by atoms with Crippen molar-refractivity contribution in [3.05, 3.63) is 269 Å². The Balaban J connectivity index is 0.000000160. The second-order valence-corrected chi connectivity index (χ2v) is 23.0. The zero-order valence-electron chi connectivity index (χ0n) is 51.0. The summed E-state index contributed by atoms with van der Waals surface area (Å²) in [7, 11) is 6.67. The highest BCUT2D eigenvalue weighted by atomic mass is 79.9. The van der Waals surface area contributed by atoms with E-state index < -0.39 is 17.8 Å². The van der Waals surface area contributed by atoms with Gasteiger partial charge in [-0.3, -0.25) is 33.7 Å². The standard InChI is InChI=1S/2C26H26N2O3.C21H23BrN2O4/c2*1-27-23(19-31-18-21-13-7-3-8-14-21)24(25(27)29)26(30)28(22-15-9-4-10-16-22)17-20-11-5-2-6-12-20;1-23-18(13-28-12-15-8-4-3-5-9-15)19(20(23)25)21(26)24(14-27-2)17-11-7-6-10-16(17)22/h2*2-16,23-24H,17-19H2,1H3;3-11,18-19H,12-14H2,1-2H3/t23-,24+;23-,24-;18-,19-/m000/s1. The monoisotopic (exact) mass is 1270 g/mol. The second kappa shape index (κ2) is 32.4. The quantitative estimate of drug-likeness (QED) is 0.0324. The third-order valence-corrected chi connectivity index (χ3v) is 16.9. The molecule has 6 atom stereocenters. The van der Waals surface area contributed by atoms with E-state index in [0.29, 0.717) is 58.4 Å². The molecule has 8 aromatic carbocycles. The molecular weight excluding hydrogens is 1200 g/mol. The molecule has 0 bridgehead atoms. The van der Waals surface area contributed by atoms with Crippen LogP contribution in [0.15, 0.2) is 241 Å². The second-order valence-electron chi connectivity index (χ2n) is 22.1. The Kier molecular flexibility index (Phi) is 23.5. The van der Waals surface area contributed by atoms with Crippen LogP contribution in [0.2, 0.25) is 0 Å². The summed E-state index contributed by atoms with van der Waals surface area (Å²) in [5.74, 6) is -3.42. The minimum absolute atomic E-state index is 0.0620. The normalized spacial score (nSPS) is 18.1. The van der Waals surface area contributed by atoms with Gasteiger partial charge in [0.1, 0.15) is 24.5 Å². The first kappa shape index (κ1) is 65.3. The first-order valence-corrected chi connectivity index (χ1v) is 30.6. The number of benzene rings is 8. The highest BCUT2D eigenvalue weighted by molar-refractivity contribution is 9.10. The lowest BCUT2D eigenvalue weighted by atomic mass is 9.86. The Morgan fingerprint density at radius 1 is 0.378 bits per heavy atom. The number of anilines is 3. The van der Waals surface area contributed by atoms with E-state index in [-0.39, 0.29) is 60.3 Å². The number of hydrogen-bond donors (Lipinski definition) is 0. The minimum Gasteiger partial charge on any atom is -0.375 e. The van der Waals surface area contributed by atoms with Crippen LogP contribution < -0.4 is 14.7 Å². The molecule has 0 unspecified atom stereocenters. The molecule has 464 valence electrons. The number of para-hydroxylation sites is 3. The summed E-state index contributed by atoms with van der Waals surface area (Å²) in [5, 5.41) is 0. The summed E-state index contributed by atoms with van der Waals surface area (Å²) in [6.07, 6.45) is 0. The lowest BCUT2D eigenvalue weighted by Gasteiger charge is -2.45. The third kappa shape index (κ3) is 16.4. The van der Waals surface area contributed by atoms with Crippen LogP contribution in [0.3, 0.4) is 0 Å². The number of halogens is 1. The third-order valence-electron chi connectivity index (χ3n) is 16.2. The molecule has 17 heteroatoms. The molecule has 3 aliphatic heterocycles. The highest BCUT2D eigenvalue weighted by Crippen LogP contribution is 2.35. The van der Waals surface area contributed by atoms with E-state index in [0.717, 1.165) is 43.7 Å². The molecule has 0 radical (unpaired) electrons. The summed E-state index contributed by atoms with van der Waals surface area (Å²) in [5.41, 5.74) is 7.43. The van der Waals surface area contributed by atoms with Crippen molar-refractivity contribution in [3.8, 4) is 0 Å². The average Bonchev–Trinajstić information content (AvgIpc) is 0.863. The molecule has 3 saturated heterocycles. The Bertz CT molecular complexity index is 3430. The number of carbonyl (C=O) groups excluding carboxylic acids is 6. The van der Waals surface area contributed by atoms with E-state index >= 15 is 0 Å². The van der Waals surface area contributed by atoms with Crippen molar-refractivity contribution < 1.29 is 47.7 Å². The molecule has 90 heavy (non-hydrogen) atoms. The van der Waals surface area contributed by atoms with Gasteiger partial charge in [-0.1, -0.05) is 200 Å². The van der Waals surface area contributed by atoms with Crippen molar-refractivity contribution in [2.45, 2.75) is 51.0 Å². The number of likely N-dealkylation sites (N-methyl/N-ethyl adjacent to an activating group) is 3. The van der Waals surface area contributed by atoms with Crippen LogP contribution in [0.25, 0.3) is 0 Å². The smallest absolute Gasteiger partial charge is 0.243 e. The predicted octanol–water partition coefficient (Wildman–Crippen LogP) is 10.8. The molecule has 0 N–H and O–H groups in total. The van der Waals surface area contributed by atoms with Gasteiger partial charge in [0, 0.05) is 44.1 Å². The molecule has 11 rings (SSSR count). The Morgan fingerprint density at radius 2 is 0.644 bits per heavy atom. The Morgan fingerprint density at radius 3 is 0.944 bits per heavy atom. The number of β-lactam (4-membered cyclic amide) rings is 3. The van der Waals surface area contributed by atoms with Gasteiger partial charge in [0.2, 0.25) is 35.4 Å². The number of likely N-dealkylation sites (tertiary alicyclic amines) is 3. The summed E-state index contributed by atoms with van der Waals surface area (Å²) < 4.78 is 23.5. The van der Waals surface area contributed by atoms with Crippen molar-refractivity contribution in [2.75, 3.05) is 69.5 Å². The number of methoxy groups -OCH3 is 1. The van der Waals surface area contributed by atoms with Gasteiger partial charge >= 0.3 is 0 Å². The Labute approximate surface area is 535 Å². The van der Waals surface area contributed by atoms with Crippen LogP contribution in [-0.2, 0) is 80.6 Å². The van der Waals surface area contributed by atoms with Gasteiger partial charge in [-0.25, -0.2) is 0 Å². The van der Waals surface area contributed by atoms with Crippen molar-refractivity contribution >= 4 is 68.4 Å². The van der Waals surface area contributed by atoms with Gasteiger partial charge in [0.25, 0.3) is 0 Å². The maximum absolute atomic E-state index is 13.6. The number of carbonyl (C=O) groups is 6. The first-order chi connectivity index (χ1) is 43.8. The fourth-order valence-electron chi connectivity index (χ4n) is 11.0. The molecule has 0 spiro atoms. The summed E-state index contributed by atoms with van der Waals surface area (Å²) >= 11 is 3.46. The van der Waals surface area contributed by atoms with Crippen LogP contribution in [-0.4, -0.2) is 123 Å². The topological polar surface area (TPSA) is 159 Å². The van der Waals surface area contributed by atoms with Crippen molar-refractivity contribution in [1.29, 1.82) is 0 Å². The molecule has 8 aromatic rings. The van der Waals surface area contributed by atoms with Gasteiger partial charge in [-0.2, -0.15) is 0 Å². The van der Waals surface area contributed by atoms with E-state index in [1.165, 1.54) is 12.0 Å². The van der Waals surface area contributed by atoms with E-state index in [2.05, 4.69) is 15.9 Å². The summed E-state index contributed by atoms with van der Waals surface area (Å²) in [6, 6.07) is 74.7. The van der Waals surface area contributed by atoms with Crippen molar-refractivity contribution in [2.24, 2.45) is 17.8 Å². The van der Waals surface area contributed by atoms with Gasteiger partial charge in [0.05, 0.1) is 76.5 Å². The highest BCUT2D eigenvalue weighted by Gasteiger charge is 2.53. The van der Waals surface area contributed by atoms with Gasteiger partial charge in [-0.05, 0) is 80.1 Å². The van der Waals surface area contributed by atoms with Crippen molar-refractivity contribution in [1.82, 2.24) is 14.7 Å². The van der Waals surface area contributed by atoms with Gasteiger partial charge in [-0.15, -0.1) is 0 Å². The van der Waals surface area contributed by atoms with E-state index in [1.54, 1.807) is 45.6 Å². The molecule has 3 heterocycles. The van der Waals surface area contributed by atoms with E-state index in [4.69, 9.17) is 18.9 Å². The van der Waals surface area contributed by atoms with Crippen LogP contribution >= 0.6 is 15.9 Å². The Hall–Kier alpha value is -9.10. The number of rotatable bonds is 24. The van der Waals surface area contributed by atoms with E-state index in [9.17, 15) is 28.8 Å². The maximum Gasteiger partial charge on any atom is 0.243 e. The molecule has 0 aromatic heterocycles. The number of hydrogen-bond acceptors (Lipinski definition) is 10. The molecule has 3 fully saturated rings. The molecule has 3 aliphatic rings. The van der Waals surface area contributed by atoms with E-state index in [1.807, 2.05) is 237 Å². The SMILES string of the molecule is CN1C(=O)[C@@H](C(=O)N(Cc2ccccc2)c2ccccc2)[C@@H]1COCc1ccccc1.CN1C(=O)[C@H](C(=O)N(Cc2ccccc2)c2ccccc2)[C@@H]1COCc1ccccc1.COCN(C(=O)[C@@H]1C(=O)N(C)[C@H]1COCc1ccccc1)c1ccccc1Br. The van der Waals surface area contributed by atoms with Gasteiger partial charge in [0.15, 0.2) is 0 Å². The fraction of sp³-hybridized carbons (Fsp3) is 0.260. The number of ether oxygens (including phenoxy) is 4. The van der Waals surface area contributed by atoms with Crippen LogP contribution in [0.5, 0.6) is 0 Å². The zero-order chi connectivity index (χ0) is 63.4. The lowest BCUT2D eigenvalue weighted by Crippen LogP contribution is -2.66. The maximum atomic E-state index is 13.6. The van der Waals surface area contributed by atoms with Crippen molar-refractivity contribution in [3.63, 3.8) is 0 Å². The molecule has 0 saturated carbocycles. The fourth-order valence-corrected chi connectivity index (χ4v) is 11.5. The molecule has 16 nitrogen and oxygen atoms in total. The largest absolute Gasteiger partial charge is 0.375 e. The summed E-state index contributed by atoms with van der Waals surface area (Å²) in [4.78, 5) is 87.7. The summed E-state index contributed by atoms with van der Waals surface area (Å²) in [6.45, 7) is 3.16. The van der Waals surface area contributed by atoms with Crippen LogP contribution in [0, 0.1) is 17.8 Å². The minimum atomic E-state index is -0.775. The average molecular weight is 1280 g/mol. The predicted molar refractivity (Wildman–Crippen MR) is 350 cm³/mol. The first-order valence-electron chi connectivity index (χ1n) is 29.8. The lowest BCUT2D eigenvalue weighted by molar-refractivity contribution is -0.164. The number of amides is 6.